The predicted molar refractivity (Wildman–Crippen MR) is 75.8 cm³/mol. The molecule has 7 heteroatoms. The van der Waals surface area contributed by atoms with Gasteiger partial charge in [-0.3, -0.25) is 9.59 Å². The monoisotopic (exact) mass is 297 g/mol. The number of carbonyl (C=O) groups is 3. The Morgan fingerprint density at radius 1 is 1.29 bits per heavy atom. The summed E-state index contributed by atoms with van der Waals surface area (Å²) in [5.41, 5.74) is -1.56. The van der Waals surface area contributed by atoms with Gasteiger partial charge in [0, 0.05) is 20.1 Å². The SMILES string of the molecule is CN1CCN(C(=O)NC2(CC(=O)O)CCC2)C(C)(C)C1=O. The van der Waals surface area contributed by atoms with Gasteiger partial charge in [-0.1, -0.05) is 0 Å². The minimum absolute atomic E-state index is 0.0686. The van der Waals surface area contributed by atoms with Crippen LogP contribution >= 0.6 is 0 Å². The third kappa shape index (κ3) is 2.82. The standard InChI is InChI=1S/C14H23N3O4/c1-13(2)11(20)16(3)7-8-17(13)12(21)15-14(5-4-6-14)9-10(18)19/h4-9H2,1-3H3,(H,15,21)(H,18,19). The summed E-state index contributed by atoms with van der Waals surface area (Å²) >= 11 is 0. The fourth-order valence-electron chi connectivity index (χ4n) is 3.10. The highest BCUT2D eigenvalue weighted by Crippen LogP contribution is 2.35. The number of hydrogen-bond donors (Lipinski definition) is 2. The molecule has 118 valence electrons. The Hall–Kier alpha value is -1.79. The third-order valence-electron chi connectivity index (χ3n) is 4.62. The third-order valence-corrected chi connectivity index (χ3v) is 4.62. The highest BCUT2D eigenvalue weighted by Gasteiger charge is 2.46. The molecule has 0 bridgehead atoms. The Bertz CT molecular complexity index is 471. The van der Waals surface area contributed by atoms with Crippen molar-refractivity contribution in [1.82, 2.24) is 15.1 Å². The van der Waals surface area contributed by atoms with Gasteiger partial charge in [0.2, 0.25) is 5.91 Å². The second-order valence-electron chi connectivity index (χ2n) is 6.57. The van der Waals surface area contributed by atoms with Gasteiger partial charge in [-0.15, -0.1) is 0 Å². The van der Waals surface area contributed by atoms with Crippen LogP contribution in [0.5, 0.6) is 0 Å². The molecule has 2 N–H and O–H groups in total. The first kappa shape index (κ1) is 15.6. The van der Waals surface area contributed by atoms with Gasteiger partial charge < -0.3 is 20.2 Å². The van der Waals surface area contributed by atoms with E-state index < -0.39 is 17.0 Å². The highest BCUT2D eigenvalue weighted by molar-refractivity contribution is 5.91. The molecule has 0 spiro atoms. The van der Waals surface area contributed by atoms with Crippen LogP contribution in [0.1, 0.15) is 39.5 Å². The maximum absolute atomic E-state index is 12.5. The van der Waals surface area contributed by atoms with Gasteiger partial charge in [-0.05, 0) is 33.1 Å². The van der Waals surface area contributed by atoms with Gasteiger partial charge in [0.1, 0.15) is 5.54 Å². The van der Waals surface area contributed by atoms with Gasteiger partial charge in [0.05, 0.1) is 12.0 Å². The molecular formula is C14H23N3O4. The van der Waals surface area contributed by atoms with E-state index in [1.54, 1.807) is 25.8 Å². The van der Waals surface area contributed by atoms with Crippen LogP contribution in [0.25, 0.3) is 0 Å². The Morgan fingerprint density at radius 3 is 2.38 bits per heavy atom. The Labute approximate surface area is 124 Å². The number of carboxylic acid groups (broad SMARTS) is 1. The van der Waals surface area contributed by atoms with E-state index in [1.165, 1.54) is 4.90 Å². The van der Waals surface area contributed by atoms with Crippen molar-refractivity contribution in [2.75, 3.05) is 20.1 Å². The number of urea groups is 1. The number of amides is 3. The van der Waals surface area contributed by atoms with E-state index in [1.807, 2.05) is 0 Å². The van der Waals surface area contributed by atoms with Crippen molar-refractivity contribution >= 4 is 17.9 Å². The first-order valence-electron chi connectivity index (χ1n) is 7.25. The number of hydrogen-bond acceptors (Lipinski definition) is 3. The number of piperazine rings is 1. The zero-order chi connectivity index (χ0) is 15.8. The number of rotatable bonds is 3. The zero-order valence-electron chi connectivity index (χ0n) is 12.8. The maximum atomic E-state index is 12.5. The fourth-order valence-corrected chi connectivity index (χ4v) is 3.10. The number of nitrogens with zero attached hydrogens (tertiary/aromatic N) is 2. The summed E-state index contributed by atoms with van der Waals surface area (Å²) in [6, 6.07) is -0.345. The van der Waals surface area contributed by atoms with Gasteiger partial charge in [0.25, 0.3) is 0 Å². The molecule has 1 aliphatic heterocycles. The van der Waals surface area contributed by atoms with E-state index in [0.717, 1.165) is 6.42 Å². The molecule has 2 rings (SSSR count). The van der Waals surface area contributed by atoms with Crippen molar-refractivity contribution in [1.29, 1.82) is 0 Å². The Kier molecular flexibility index (Phi) is 3.86. The average Bonchev–Trinajstić information content (AvgIpc) is 2.32. The molecule has 1 saturated heterocycles. The predicted octanol–water partition coefficient (Wildman–Crippen LogP) is 0.646. The summed E-state index contributed by atoms with van der Waals surface area (Å²) in [6.45, 7) is 4.37. The van der Waals surface area contributed by atoms with E-state index in [0.29, 0.717) is 25.9 Å². The fraction of sp³-hybridized carbons (Fsp3) is 0.786. The van der Waals surface area contributed by atoms with Crippen molar-refractivity contribution in [3.63, 3.8) is 0 Å². The lowest BCUT2D eigenvalue weighted by molar-refractivity contribution is -0.145. The number of aliphatic carboxylic acids is 1. The molecule has 0 aromatic rings. The van der Waals surface area contributed by atoms with Crippen LogP contribution in [0, 0.1) is 0 Å². The van der Waals surface area contributed by atoms with Gasteiger partial charge in [-0.2, -0.15) is 0 Å². The number of carboxylic acids is 1. The van der Waals surface area contributed by atoms with Crippen molar-refractivity contribution < 1.29 is 19.5 Å². The van der Waals surface area contributed by atoms with Crippen molar-refractivity contribution in [3.8, 4) is 0 Å². The maximum Gasteiger partial charge on any atom is 0.318 e. The topological polar surface area (TPSA) is 89.9 Å². The van der Waals surface area contributed by atoms with Gasteiger partial charge in [-0.25, -0.2) is 4.79 Å². The van der Waals surface area contributed by atoms with Gasteiger partial charge >= 0.3 is 12.0 Å². The van der Waals surface area contributed by atoms with Crippen LogP contribution in [0.4, 0.5) is 4.79 Å². The first-order valence-corrected chi connectivity index (χ1v) is 7.25. The average molecular weight is 297 g/mol. The van der Waals surface area contributed by atoms with E-state index in [9.17, 15) is 14.4 Å². The smallest absolute Gasteiger partial charge is 0.318 e. The summed E-state index contributed by atoms with van der Waals surface area (Å²) in [5, 5.41) is 11.8. The van der Waals surface area contributed by atoms with E-state index >= 15 is 0 Å². The Balaban J connectivity index is 2.09. The summed E-state index contributed by atoms with van der Waals surface area (Å²) in [4.78, 5) is 38.8. The van der Waals surface area contributed by atoms with E-state index in [-0.39, 0.29) is 18.4 Å². The molecule has 0 aromatic carbocycles. The molecule has 0 radical (unpaired) electrons. The largest absolute Gasteiger partial charge is 0.481 e. The lowest BCUT2D eigenvalue weighted by Crippen LogP contribution is -2.68. The minimum Gasteiger partial charge on any atom is -0.481 e. The quantitative estimate of drug-likeness (QED) is 0.800. The molecule has 7 nitrogen and oxygen atoms in total. The molecule has 0 atom stereocenters. The van der Waals surface area contributed by atoms with Crippen LogP contribution in [0.15, 0.2) is 0 Å². The summed E-state index contributed by atoms with van der Waals surface area (Å²) in [6.07, 6.45) is 2.19. The number of nitrogens with one attached hydrogen (secondary N) is 1. The molecule has 21 heavy (non-hydrogen) atoms. The highest BCUT2D eigenvalue weighted by atomic mass is 16.4. The molecule has 2 fully saturated rings. The zero-order valence-corrected chi connectivity index (χ0v) is 12.8. The van der Waals surface area contributed by atoms with Gasteiger partial charge in [0.15, 0.2) is 0 Å². The normalized spacial score (nSPS) is 23.5. The molecule has 2 aliphatic rings. The lowest BCUT2D eigenvalue weighted by atomic mass is 9.74. The molecular weight excluding hydrogens is 274 g/mol. The van der Waals surface area contributed by atoms with Crippen LogP contribution in [-0.2, 0) is 9.59 Å². The lowest BCUT2D eigenvalue weighted by Gasteiger charge is -2.48. The number of carbonyl (C=O) groups excluding carboxylic acids is 2. The molecule has 3 amide bonds. The first-order chi connectivity index (χ1) is 9.68. The second-order valence-corrected chi connectivity index (χ2v) is 6.57. The Morgan fingerprint density at radius 2 is 1.90 bits per heavy atom. The summed E-state index contributed by atoms with van der Waals surface area (Å²) in [7, 11) is 1.72. The number of likely N-dealkylation sites (N-methyl/N-ethyl adjacent to an activating group) is 1. The van der Waals surface area contributed by atoms with Crippen molar-refractivity contribution in [2.24, 2.45) is 0 Å². The summed E-state index contributed by atoms with van der Waals surface area (Å²) < 4.78 is 0. The molecule has 1 heterocycles. The van der Waals surface area contributed by atoms with Crippen molar-refractivity contribution in [2.45, 2.75) is 50.6 Å². The van der Waals surface area contributed by atoms with Crippen molar-refractivity contribution in [3.05, 3.63) is 0 Å². The van der Waals surface area contributed by atoms with E-state index in [2.05, 4.69) is 5.32 Å². The van der Waals surface area contributed by atoms with Crippen LogP contribution in [0.3, 0.4) is 0 Å². The minimum atomic E-state index is -0.913. The second kappa shape index (κ2) is 5.20. The molecule has 1 saturated carbocycles. The molecule has 0 aromatic heterocycles. The van der Waals surface area contributed by atoms with Crippen LogP contribution < -0.4 is 5.32 Å². The van der Waals surface area contributed by atoms with E-state index in [4.69, 9.17) is 5.11 Å². The van der Waals surface area contributed by atoms with Crippen LogP contribution in [-0.4, -0.2) is 64.0 Å². The molecule has 1 aliphatic carbocycles. The summed E-state index contributed by atoms with van der Waals surface area (Å²) in [5.74, 6) is -1.02. The molecule has 0 unspecified atom stereocenters. The van der Waals surface area contributed by atoms with Crippen LogP contribution in [0.2, 0.25) is 0 Å².